The van der Waals surface area contributed by atoms with Gasteiger partial charge in [0.15, 0.2) is 0 Å². The van der Waals surface area contributed by atoms with Crippen LogP contribution in [0.4, 0.5) is 0 Å². The highest BCUT2D eigenvalue weighted by Gasteiger charge is 2.29. The third-order valence-electron chi connectivity index (χ3n) is 3.33. The summed E-state index contributed by atoms with van der Waals surface area (Å²) in [5.74, 6) is 1.36. The van der Waals surface area contributed by atoms with E-state index in [0.29, 0.717) is 5.92 Å². The molecule has 1 saturated carbocycles. The summed E-state index contributed by atoms with van der Waals surface area (Å²) in [4.78, 5) is 4.36. The summed E-state index contributed by atoms with van der Waals surface area (Å²) in [6.45, 7) is 4.18. The molecule has 0 amide bonds. The lowest BCUT2D eigenvalue weighted by Gasteiger charge is -2.12. The van der Waals surface area contributed by atoms with Crippen LogP contribution in [0.15, 0.2) is 12.3 Å². The van der Waals surface area contributed by atoms with E-state index in [2.05, 4.69) is 29.0 Å². The van der Waals surface area contributed by atoms with Gasteiger partial charge in [0.25, 0.3) is 0 Å². The second-order valence-corrected chi connectivity index (χ2v) is 4.76. The maximum absolute atomic E-state index is 5.88. The third kappa shape index (κ3) is 1.88. The van der Waals surface area contributed by atoms with Gasteiger partial charge in [-0.3, -0.25) is 5.10 Å². The predicted molar refractivity (Wildman–Crippen MR) is 68.4 cm³/mol. The summed E-state index contributed by atoms with van der Waals surface area (Å²) in [5.41, 5.74) is 2.16. The third-order valence-corrected chi connectivity index (χ3v) is 3.33. The molecular formula is C13H19N3O. The van der Waals surface area contributed by atoms with Crippen molar-refractivity contribution in [1.29, 1.82) is 0 Å². The maximum Gasteiger partial charge on any atom is 0.225 e. The van der Waals surface area contributed by atoms with Crippen LogP contribution in [0.2, 0.25) is 0 Å². The first-order valence-electron chi connectivity index (χ1n) is 6.29. The Morgan fingerprint density at radius 1 is 1.59 bits per heavy atom. The second kappa shape index (κ2) is 4.02. The Labute approximate surface area is 102 Å². The highest BCUT2D eigenvalue weighted by molar-refractivity contribution is 5.86. The number of hydrogen-bond acceptors (Lipinski definition) is 3. The van der Waals surface area contributed by atoms with Gasteiger partial charge >= 0.3 is 0 Å². The molecule has 2 aromatic rings. The van der Waals surface area contributed by atoms with Crippen molar-refractivity contribution in [2.24, 2.45) is 0 Å². The average Bonchev–Trinajstić information content (AvgIpc) is 3.09. The number of aromatic nitrogens is 3. The predicted octanol–water partition coefficient (Wildman–Crippen LogP) is 3.26. The van der Waals surface area contributed by atoms with E-state index >= 15 is 0 Å². The fourth-order valence-corrected chi connectivity index (χ4v) is 1.99. The highest BCUT2D eigenvalue weighted by atomic mass is 16.5. The van der Waals surface area contributed by atoms with E-state index in [-0.39, 0.29) is 7.53 Å². The molecule has 3 rings (SSSR count). The van der Waals surface area contributed by atoms with Gasteiger partial charge < -0.3 is 4.74 Å². The van der Waals surface area contributed by atoms with Gasteiger partial charge in [-0.1, -0.05) is 6.92 Å². The van der Waals surface area contributed by atoms with Crippen molar-refractivity contribution in [2.75, 3.05) is 0 Å². The first-order valence-corrected chi connectivity index (χ1v) is 6.29. The van der Waals surface area contributed by atoms with E-state index < -0.39 is 0 Å². The number of hydrogen-bond donors (Lipinski definition) is 1. The number of aromatic amines is 1. The summed E-state index contributed by atoms with van der Waals surface area (Å²) in [5, 5.41) is 8.54. The van der Waals surface area contributed by atoms with Crippen LogP contribution in [0, 0.1) is 0 Å². The molecule has 0 aliphatic heterocycles. The standard InChI is InChI=1S/C13H17N3O.H2/c1-3-8(2)17-13-11-10(6-7-14-13)15-16-12(11)9-4-5-9;/h6-9H,3-5H2,1-2H3,(H,15,16);1H. The van der Waals surface area contributed by atoms with Crippen molar-refractivity contribution in [3.63, 3.8) is 0 Å². The monoisotopic (exact) mass is 233 g/mol. The minimum Gasteiger partial charge on any atom is -0.474 e. The van der Waals surface area contributed by atoms with E-state index in [0.717, 1.165) is 23.2 Å². The van der Waals surface area contributed by atoms with Crippen LogP contribution in [-0.2, 0) is 0 Å². The number of rotatable bonds is 4. The van der Waals surface area contributed by atoms with Crippen molar-refractivity contribution in [1.82, 2.24) is 15.2 Å². The number of ether oxygens (including phenoxy) is 1. The molecule has 0 spiro atoms. The number of fused-ring (bicyclic) bond motifs is 1. The number of pyridine rings is 1. The van der Waals surface area contributed by atoms with Gasteiger partial charge in [-0.25, -0.2) is 4.98 Å². The summed E-state index contributed by atoms with van der Waals surface area (Å²) < 4.78 is 5.88. The van der Waals surface area contributed by atoms with E-state index in [1.165, 1.54) is 18.5 Å². The second-order valence-electron chi connectivity index (χ2n) is 4.76. The normalized spacial score (nSPS) is 17.3. The molecule has 0 radical (unpaired) electrons. The molecule has 0 saturated heterocycles. The van der Waals surface area contributed by atoms with Gasteiger partial charge in [0.05, 0.1) is 22.7 Å². The molecule has 2 heterocycles. The van der Waals surface area contributed by atoms with Crippen molar-refractivity contribution in [2.45, 2.75) is 45.1 Å². The molecule has 0 bridgehead atoms. The van der Waals surface area contributed by atoms with Gasteiger partial charge in [-0.15, -0.1) is 0 Å². The van der Waals surface area contributed by atoms with Gasteiger partial charge in [0.2, 0.25) is 5.88 Å². The fraction of sp³-hybridized carbons (Fsp3) is 0.538. The van der Waals surface area contributed by atoms with Crippen LogP contribution in [0.3, 0.4) is 0 Å². The molecule has 92 valence electrons. The van der Waals surface area contributed by atoms with Crippen molar-refractivity contribution in [3.05, 3.63) is 18.0 Å². The Morgan fingerprint density at radius 3 is 3.12 bits per heavy atom. The molecular weight excluding hydrogens is 214 g/mol. The molecule has 4 heteroatoms. The molecule has 0 aromatic carbocycles. The number of nitrogens with zero attached hydrogens (tertiary/aromatic N) is 2. The van der Waals surface area contributed by atoms with E-state index in [9.17, 15) is 0 Å². The number of H-pyrrole nitrogens is 1. The molecule has 1 unspecified atom stereocenters. The van der Waals surface area contributed by atoms with Gasteiger partial charge in [-0.05, 0) is 32.3 Å². The lowest BCUT2D eigenvalue weighted by molar-refractivity contribution is 0.211. The zero-order chi connectivity index (χ0) is 11.8. The quantitative estimate of drug-likeness (QED) is 0.881. The Bertz CT molecular complexity index is 536. The molecule has 1 atom stereocenters. The van der Waals surface area contributed by atoms with Crippen LogP contribution >= 0.6 is 0 Å². The number of nitrogens with one attached hydrogen (secondary N) is 1. The zero-order valence-electron chi connectivity index (χ0n) is 10.2. The Hall–Kier alpha value is -1.58. The van der Waals surface area contributed by atoms with E-state index in [1.807, 2.05) is 6.07 Å². The van der Waals surface area contributed by atoms with Crippen LogP contribution < -0.4 is 4.74 Å². The van der Waals surface area contributed by atoms with Crippen LogP contribution in [0.25, 0.3) is 10.9 Å². The topological polar surface area (TPSA) is 50.8 Å². The van der Waals surface area contributed by atoms with E-state index in [1.54, 1.807) is 6.20 Å². The molecule has 1 aliphatic carbocycles. The maximum atomic E-state index is 5.88. The molecule has 17 heavy (non-hydrogen) atoms. The largest absolute Gasteiger partial charge is 0.474 e. The summed E-state index contributed by atoms with van der Waals surface area (Å²) in [7, 11) is 0. The van der Waals surface area contributed by atoms with Gasteiger partial charge in [0, 0.05) is 13.5 Å². The summed E-state index contributed by atoms with van der Waals surface area (Å²) in [6, 6.07) is 1.93. The Morgan fingerprint density at radius 2 is 2.41 bits per heavy atom. The smallest absolute Gasteiger partial charge is 0.225 e. The molecule has 1 N–H and O–H groups in total. The zero-order valence-corrected chi connectivity index (χ0v) is 10.2. The van der Waals surface area contributed by atoms with Crippen molar-refractivity contribution >= 4 is 10.9 Å². The Balaban J connectivity index is 0.00000120. The summed E-state index contributed by atoms with van der Waals surface area (Å²) in [6.07, 6.45) is 5.42. The van der Waals surface area contributed by atoms with Gasteiger partial charge in [-0.2, -0.15) is 5.10 Å². The first kappa shape index (κ1) is 10.6. The Kier molecular flexibility index (Phi) is 2.50. The summed E-state index contributed by atoms with van der Waals surface area (Å²) >= 11 is 0. The minimum absolute atomic E-state index is 0. The molecule has 4 nitrogen and oxygen atoms in total. The fourth-order valence-electron chi connectivity index (χ4n) is 1.99. The molecule has 1 fully saturated rings. The van der Waals surface area contributed by atoms with Crippen LogP contribution in [0.5, 0.6) is 5.88 Å². The lowest BCUT2D eigenvalue weighted by Crippen LogP contribution is -2.11. The SMILES string of the molecule is CCC(C)Oc1nccc2n[nH]c(C3CC3)c12.[HH]. The highest BCUT2D eigenvalue weighted by Crippen LogP contribution is 2.43. The minimum atomic E-state index is 0. The van der Waals surface area contributed by atoms with Crippen molar-refractivity contribution in [3.8, 4) is 5.88 Å². The average molecular weight is 233 g/mol. The van der Waals surface area contributed by atoms with Gasteiger partial charge in [0.1, 0.15) is 0 Å². The van der Waals surface area contributed by atoms with Crippen LogP contribution in [-0.4, -0.2) is 21.3 Å². The van der Waals surface area contributed by atoms with Crippen LogP contribution in [0.1, 0.15) is 46.1 Å². The lowest BCUT2D eigenvalue weighted by atomic mass is 10.2. The molecule has 2 aromatic heterocycles. The van der Waals surface area contributed by atoms with Crippen molar-refractivity contribution < 1.29 is 6.16 Å². The first-order chi connectivity index (χ1) is 8.29. The van der Waals surface area contributed by atoms with E-state index in [4.69, 9.17) is 4.74 Å². The molecule has 1 aliphatic rings.